The molecule has 1 aromatic heterocycles. The molecule has 0 amide bonds. The van der Waals surface area contributed by atoms with Crippen LogP contribution in [-0.2, 0) is 0 Å². The summed E-state index contributed by atoms with van der Waals surface area (Å²) in [4.78, 5) is 2.41. The van der Waals surface area contributed by atoms with Gasteiger partial charge in [0.1, 0.15) is 0 Å². The second kappa shape index (κ2) is 16.8. The summed E-state index contributed by atoms with van der Waals surface area (Å²) in [7, 11) is 0. The van der Waals surface area contributed by atoms with Crippen LogP contribution in [0.3, 0.4) is 0 Å². The van der Waals surface area contributed by atoms with E-state index in [0.29, 0.717) is 0 Å². The van der Waals surface area contributed by atoms with E-state index in [4.69, 9.17) is 0 Å². The van der Waals surface area contributed by atoms with Crippen molar-refractivity contribution in [1.82, 2.24) is 4.57 Å². The molecule has 66 heavy (non-hydrogen) atoms. The summed E-state index contributed by atoms with van der Waals surface area (Å²) >= 11 is 0. The fourth-order valence-electron chi connectivity index (χ4n) is 9.79. The van der Waals surface area contributed by atoms with E-state index in [1.807, 2.05) is 0 Å². The van der Waals surface area contributed by atoms with Crippen LogP contribution in [0.2, 0.25) is 0 Å². The number of anilines is 3. The molecule has 11 aromatic carbocycles. The number of aromatic nitrogens is 1. The lowest BCUT2D eigenvalue weighted by molar-refractivity contribution is 1.18. The van der Waals surface area contributed by atoms with E-state index in [9.17, 15) is 0 Å². The van der Waals surface area contributed by atoms with E-state index in [1.54, 1.807) is 0 Å². The minimum atomic E-state index is 1.08. The highest BCUT2D eigenvalue weighted by Gasteiger charge is 2.20. The summed E-state index contributed by atoms with van der Waals surface area (Å²) in [5.41, 5.74) is 18.6. The summed E-state index contributed by atoms with van der Waals surface area (Å²) in [6, 6.07) is 96.9. The average Bonchev–Trinajstić information content (AvgIpc) is 3.74. The van der Waals surface area contributed by atoms with Crippen molar-refractivity contribution in [2.24, 2.45) is 0 Å². The number of nitrogens with zero attached hydrogens (tertiary/aromatic N) is 2. The number of rotatable bonds is 9. The second-order valence-electron chi connectivity index (χ2n) is 16.9. The molecule has 0 aliphatic rings. The van der Waals surface area contributed by atoms with E-state index >= 15 is 0 Å². The molecule has 0 unspecified atom stereocenters. The largest absolute Gasteiger partial charge is 0.310 e. The predicted molar refractivity (Wildman–Crippen MR) is 280 cm³/mol. The molecule has 0 N–H and O–H groups in total. The third-order valence-corrected chi connectivity index (χ3v) is 13.0. The summed E-state index contributed by atoms with van der Waals surface area (Å²) in [5.74, 6) is 0. The Morgan fingerprint density at radius 1 is 0.258 bits per heavy atom. The van der Waals surface area contributed by atoms with E-state index < -0.39 is 0 Å². The number of hydrogen-bond acceptors (Lipinski definition) is 1. The Morgan fingerprint density at radius 3 is 1.41 bits per heavy atom. The Hall–Kier alpha value is -8.72. The predicted octanol–water partition coefficient (Wildman–Crippen LogP) is 17.7. The van der Waals surface area contributed by atoms with Crippen molar-refractivity contribution in [3.8, 4) is 61.3 Å². The summed E-state index contributed by atoms with van der Waals surface area (Å²) in [6.07, 6.45) is 0. The van der Waals surface area contributed by atoms with Crippen LogP contribution < -0.4 is 4.90 Å². The van der Waals surface area contributed by atoms with Gasteiger partial charge in [-0.1, -0.05) is 200 Å². The van der Waals surface area contributed by atoms with Crippen molar-refractivity contribution in [3.63, 3.8) is 0 Å². The molecule has 0 fully saturated rings. The molecule has 0 saturated carbocycles. The Labute approximate surface area is 385 Å². The van der Waals surface area contributed by atoms with Gasteiger partial charge in [0.25, 0.3) is 0 Å². The molecule has 310 valence electrons. The highest BCUT2D eigenvalue weighted by molar-refractivity contribution is 6.09. The molecule has 0 saturated heterocycles. The maximum absolute atomic E-state index is 2.41. The molecule has 1 heterocycles. The quantitative estimate of drug-likeness (QED) is 0.141. The zero-order chi connectivity index (χ0) is 43.8. The van der Waals surface area contributed by atoms with Crippen LogP contribution in [0.5, 0.6) is 0 Å². The lowest BCUT2D eigenvalue weighted by Crippen LogP contribution is -2.11. The molecule has 12 aromatic rings. The molecule has 0 radical (unpaired) electrons. The second-order valence-corrected chi connectivity index (χ2v) is 16.9. The van der Waals surface area contributed by atoms with Crippen LogP contribution in [0.25, 0.3) is 93.9 Å². The molecular weight excluding hydrogens is 797 g/mol. The first-order chi connectivity index (χ1) is 32.7. The first-order valence-corrected chi connectivity index (χ1v) is 22.7. The van der Waals surface area contributed by atoms with Gasteiger partial charge in [0.15, 0.2) is 0 Å². The molecule has 2 heteroatoms. The third-order valence-electron chi connectivity index (χ3n) is 13.0. The van der Waals surface area contributed by atoms with Crippen LogP contribution in [0.4, 0.5) is 17.1 Å². The van der Waals surface area contributed by atoms with Crippen LogP contribution in [0.15, 0.2) is 267 Å². The van der Waals surface area contributed by atoms with Crippen molar-refractivity contribution in [3.05, 3.63) is 267 Å². The average molecular weight is 841 g/mol. The number of fused-ring (bicyclic) bond motifs is 4. The van der Waals surface area contributed by atoms with Crippen LogP contribution in [0.1, 0.15) is 0 Å². The molecular formula is C64H44N2. The van der Waals surface area contributed by atoms with E-state index in [2.05, 4.69) is 276 Å². The van der Waals surface area contributed by atoms with Gasteiger partial charge in [0, 0.05) is 33.4 Å². The summed E-state index contributed by atoms with van der Waals surface area (Å²) < 4.78 is 2.39. The Bertz CT molecular complexity index is 3640. The molecule has 0 bridgehead atoms. The van der Waals surface area contributed by atoms with E-state index in [0.717, 1.165) is 33.9 Å². The number of benzene rings is 11. The zero-order valence-electron chi connectivity index (χ0n) is 36.3. The molecule has 0 spiro atoms. The van der Waals surface area contributed by atoms with E-state index in [-0.39, 0.29) is 0 Å². The summed E-state index contributed by atoms with van der Waals surface area (Å²) in [5, 5.41) is 5.02. The summed E-state index contributed by atoms with van der Waals surface area (Å²) in [6.45, 7) is 0. The molecule has 0 aliphatic carbocycles. The number of hydrogen-bond donors (Lipinski definition) is 0. The van der Waals surface area contributed by atoms with Gasteiger partial charge < -0.3 is 9.47 Å². The molecule has 12 rings (SSSR count). The van der Waals surface area contributed by atoms with Crippen molar-refractivity contribution in [1.29, 1.82) is 0 Å². The Kier molecular flexibility index (Phi) is 9.89. The van der Waals surface area contributed by atoms with Crippen molar-refractivity contribution >= 4 is 49.6 Å². The topological polar surface area (TPSA) is 8.17 Å². The van der Waals surface area contributed by atoms with Crippen molar-refractivity contribution in [2.45, 2.75) is 0 Å². The van der Waals surface area contributed by atoms with Gasteiger partial charge in [-0.25, -0.2) is 0 Å². The van der Waals surface area contributed by atoms with Crippen LogP contribution in [-0.4, -0.2) is 4.57 Å². The van der Waals surface area contributed by atoms with Crippen molar-refractivity contribution < 1.29 is 0 Å². The Morgan fingerprint density at radius 2 is 0.727 bits per heavy atom. The van der Waals surface area contributed by atoms with Gasteiger partial charge in [0.05, 0.1) is 16.7 Å². The van der Waals surface area contributed by atoms with Crippen molar-refractivity contribution in [2.75, 3.05) is 4.90 Å². The molecule has 2 nitrogen and oxygen atoms in total. The van der Waals surface area contributed by atoms with Gasteiger partial charge in [-0.15, -0.1) is 0 Å². The zero-order valence-corrected chi connectivity index (χ0v) is 36.3. The lowest BCUT2D eigenvalue weighted by atomic mass is 9.93. The first kappa shape index (κ1) is 38.9. The number of para-hydroxylation sites is 3. The maximum atomic E-state index is 2.41. The molecule has 0 aliphatic heterocycles. The van der Waals surface area contributed by atoms with Crippen LogP contribution >= 0.6 is 0 Å². The van der Waals surface area contributed by atoms with Gasteiger partial charge >= 0.3 is 0 Å². The molecule has 0 atom stereocenters. The standard InChI is InChI=1S/C64H44N2/c1-2-17-48(18-3-1)57-24-6-7-25-58(57)59-26-8-11-29-62(59)65(54-38-34-46(35-39-54)50-20-14-21-51(42-50)53-33-32-45-16-4-5-19-49(45)43-53)55-40-36-47(37-41-55)52-22-15-23-56(44-52)66-63-30-12-9-27-60(63)61-28-10-13-31-64(61)66/h1-44H. The fraction of sp³-hybridized carbons (Fsp3) is 0. The van der Waals surface area contributed by atoms with Gasteiger partial charge in [-0.05, 0) is 128 Å². The minimum Gasteiger partial charge on any atom is -0.310 e. The highest BCUT2D eigenvalue weighted by atomic mass is 15.1. The Balaban J connectivity index is 0.947. The van der Waals surface area contributed by atoms with Crippen LogP contribution in [0, 0.1) is 0 Å². The monoisotopic (exact) mass is 840 g/mol. The van der Waals surface area contributed by atoms with Gasteiger partial charge in [-0.3, -0.25) is 0 Å². The fourth-order valence-corrected chi connectivity index (χ4v) is 9.79. The van der Waals surface area contributed by atoms with Gasteiger partial charge in [0.2, 0.25) is 0 Å². The van der Waals surface area contributed by atoms with E-state index in [1.165, 1.54) is 77.1 Å². The first-order valence-electron chi connectivity index (χ1n) is 22.7. The van der Waals surface area contributed by atoms with Gasteiger partial charge in [-0.2, -0.15) is 0 Å². The third kappa shape index (κ3) is 7.12. The normalized spacial score (nSPS) is 11.3. The highest BCUT2D eigenvalue weighted by Crippen LogP contribution is 2.44. The maximum Gasteiger partial charge on any atom is 0.0541 e. The smallest absolute Gasteiger partial charge is 0.0541 e. The minimum absolute atomic E-state index is 1.08. The lowest BCUT2D eigenvalue weighted by Gasteiger charge is -2.29. The SMILES string of the molecule is c1ccc(-c2ccccc2-c2ccccc2N(c2ccc(-c3cccc(-c4ccc5ccccc5c4)c3)cc2)c2ccc(-c3cccc(-n4c5ccccc5c5ccccc54)c3)cc2)cc1.